The van der Waals surface area contributed by atoms with Crippen molar-refractivity contribution in [1.29, 1.82) is 0 Å². The first kappa shape index (κ1) is 28.8. The molecule has 0 amide bonds. The molecule has 0 aliphatic rings. The van der Waals surface area contributed by atoms with E-state index in [1.165, 1.54) is 0 Å². The van der Waals surface area contributed by atoms with Gasteiger partial charge < -0.3 is 29.2 Å². The smallest absolute Gasteiger partial charge is 0.457 e. The van der Waals surface area contributed by atoms with Crippen molar-refractivity contribution < 1.29 is 48.3 Å². The van der Waals surface area contributed by atoms with Crippen LogP contribution >= 0.6 is 0 Å². The summed E-state index contributed by atoms with van der Waals surface area (Å²) in [5.74, 6) is -8.01. The molecule has 0 heterocycles. The number of ether oxygens (including phenoxy) is 4. The Balaban J connectivity index is -0.00000134. The zero-order chi connectivity index (χ0) is 21.9. The number of hydrogen-bond acceptors (Lipinski definition) is 10. The molecule has 10 nitrogen and oxygen atoms in total. The predicted molar refractivity (Wildman–Crippen MR) is 93.8 cm³/mol. The minimum Gasteiger partial charge on any atom is -0.457 e. The highest BCUT2D eigenvalue weighted by atomic mass is 16.9. The van der Waals surface area contributed by atoms with Crippen molar-refractivity contribution in [2.75, 3.05) is 20.8 Å². The van der Waals surface area contributed by atoms with Crippen LogP contribution < -0.4 is 0 Å². The van der Waals surface area contributed by atoms with Crippen LogP contribution in [0.3, 0.4) is 0 Å². The van der Waals surface area contributed by atoms with E-state index in [-0.39, 0.29) is 6.61 Å². The van der Waals surface area contributed by atoms with Crippen molar-refractivity contribution in [3.8, 4) is 0 Å². The average molecular weight is 390 g/mol. The molecule has 27 heavy (non-hydrogen) atoms. The maximum Gasteiger partial charge on any atom is 0.530 e. The Labute approximate surface area is 157 Å². The number of aliphatic hydroxyl groups is 2. The fourth-order valence-corrected chi connectivity index (χ4v) is 1.11. The van der Waals surface area contributed by atoms with Crippen LogP contribution in [0.5, 0.6) is 0 Å². The Kier molecular flexibility index (Phi) is 19.0. The first-order valence-electron chi connectivity index (χ1n) is 7.48. The first-order chi connectivity index (χ1) is 12.8. The molecule has 0 rings (SSSR count). The standard InChI is InChI=1S/C15H18O8.2CH4O/c1-5-9-10-20-14(19)15(21-11(16)6-2,22-12(17)7-3)23-13(18)8-4;2*1-2/h6-8H,2-5,9-10H2,1H3;2*2H,1H3. The van der Waals surface area contributed by atoms with Gasteiger partial charge in [0.1, 0.15) is 0 Å². The second-order valence-corrected chi connectivity index (χ2v) is 3.92. The van der Waals surface area contributed by atoms with E-state index in [9.17, 15) is 19.2 Å². The third kappa shape index (κ3) is 12.1. The quantitative estimate of drug-likeness (QED) is 0.232. The van der Waals surface area contributed by atoms with E-state index in [2.05, 4.69) is 33.9 Å². The van der Waals surface area contributed by atoms with E-state index in [4.69, 9.17) is 14.9 Å². The van der Waals surface area contributed by atoms with E-state index in [0.29, 0.717) is 31.1 Å². The largest absolute Gasteiger partial charge is 0.530 e. The third-order valence-corrected chi connectivity index (χ3v) is 2.19. The molecule has 0 saturated carbocycles. The zero-order valence-corrected chi connectivity index (χ0v) is 15.6. The lowest BCUT2D eigenvalue weighted by Gasteiger charge is -2.27. The van der Waals surface area contributed by atoms with Gasteiger partial charge in [0.05, 0.1) is 6.61 Å². The summed E-state index contributed by atoms with van der Waals surface area (Å²) in [4.78, 5) is 46.4. The van der Waals surface area contributed by atoms with E-state index < -0.39 is 29.9 Å². The first-order valence-corrected chi connectivity index (χ1v) is 7.48. The van der Waals surface area contributed by atoms with Crippen molar-refractivity contribution >= 4 is 23.9 Å². The van der Waals surface area contributed by atoms with Gasteiger partial charge in [-0.2, -0.15) is 0 Å². The maximum absolute atomic E-state index is 12.1. The predicted octanol–water partition coefficient (Wildman–Crippen LogP) is 0.388. The van der Waals surface area contributed by atoms with Crippen LogP contribution in [0.1, 0.15) is 19.8 Å². The van der Waals surface area contributed by atoms with Crippen LogP contribution in [-0.2, 0) is 38.1 Å². The summed E-state index contributed by atoms with van der Waals surface area (Å²) < 4.78 is 18.6. The zero-order valence-electron chi connectivity index (χ0n) is 15.6. The van der Waals surface area contributed by atoms with Gasteiger partial charge in [-0.1, -0.05) is 33.1 Å². The van der Waals surface area contributed by atoms with Gasteiger partial charge in [0, 0.05) is 32.4 Å². The highest BCUT2D eigenvalue weighted by molar-refractivity contribution is 5.92. The van der Waals surface area contributed by atoms with Crippen molar-refractivity contribution in [3.63, 3.8) is 0 Å². The molecule has 0 aliphatic carbocycles. The summed E-state index contributed by atoms with van der Waals surface area (Å²) in [5, 5.41) is 14.0. The number of carbonyl (C=O) groups is 4. The van der Waals surface area contributed by atoms with Crippen molar-refractivity contribution in [3.05, 3.63) is 38.0 Å². The number of aliphatic hydroxyl groups excluding tert-OH is 2. The average Bonchev–Trinajstić information content (AvgIpc) is 2.70. The molecule has 0 unspecified atom stereocenters. The van der Waals surface area contributed by atoms with Gasteiger partial charge in [0.15, 0.2) is 0 Å². The normalized spacial score (nSPS) is 8.93. The Hall–Kier alpha value is -2.98. The minimum atomic E-state index is -3.05. The summed E-state index contributed by atoms with van der Waals surface area (Å²) in [7, 11) is 2.00. The molecule has 0 aromatic rings. The summed E-state index contributed by atoms with van der Waals surface area (Å²) >= 11 is 0. The maximum atomic E-state index is 12.1. The van der Waals surface area contributed by atoms with Gasteiger partial charge in [-0.05, 0) is 6.42 Å². The van der Waals surface area contributed by atoms with Gasteiger partial charge in [-0.3, -0.25) is 0 Å². The molecule has 0 bridgehead atoms. The lowest BCUT2D eigenvalue weighted by atomic mass is 10.4. The molecule has 10 heteroatoms. The molecule has 0 fully saturated rings. The molecule has 0 aromatic carbocycles. The fraction of sp³-hybridized carbons (Fsp3) is 0.412. The molecule has 0 spiro atoms. The van der Waals surface area contributed by atoms with Gasteiger partial charge in [0.25, 0.3) is 0 Å². The topological polar surface area (TPSA) is 146 Å². The molecular formula is C17H26O10. The van der Waals surface area contributed by atoms with Crippen molar-refractivity contribution in [2.24, 2.45) is 0 Å². The third-order valence-electron chi connectivity index (χ3n) is 2.19. The molecule has 2 N–H and O–H groups in total. The lowest BCUT2D eigenvalue weighted by Crippen LogP contribution is -2.51. The Morgan fingerprint density at radius 1 is 0.815 bits per heavy atom. The molecular weight excluding hydrogens is 364 g/mol. The SMILES string of the molecule is C=CC(=O)OC(OC(=O)C=C)(OC(=O)C=C)C(=O)OCCCC.CO.CO. The second-order valence-electron chi connectivity index (χ2n) is 3.92. The molecule has 0 aromatic heterocycles. The van der Waals surface area contributed by atoms with Crippen LogP contribution in [0.25, 0.3) is 0 Å². The molecule has 0 atom stereocenters. The monoisotopic (exact) mass is 390 g/mol. The summed E-state index contributed by atoms with van der Waals surface area (Å²) in [6, 6.07) is 0. The lowest BCUT2D eigenvalue weighted by molar-refractivity contribution is -0.316. The molecule has 0 aliphatic heterocycles. The molecule has 0 saturated heterocycles. The minimum absolute atomic E-state index is 0.0694. The summed E-state index contributed by atoms with van der Waals surface area (Å²) in [6.07, 6.45) is 3.22. The van der Waals surface area contributed by atoms with Crippen LogP contribution in [0.4, 0.5) is 0 Å². The fourth-order valence-electron chi connectivity index (χ4n) is 1.11. The van der Waals surface area contributed by atoms with Crippen LogP contribution in [-0.4, -0.2) is 60.9 Å². The highest BCUT2D eigenvalue weighted by Crippen LogP contribution is 2.20. The van der Waals surface area contributed by atoms with E-state index in [0.717, 1.165) is 14.2 Å². The molecule has 154 valence electrons. The number of hydrogen-bond donors (Lipinski definition) is 2. The van der Waals surface area contributed by atoms with E-state index in [1.807, 2.05) is 6.92 Å². The van der Waals surface area contributed by atoms with Gasteiger partial charge in [0.2, 0.25) is 0 Å². The number of carbonyl (C=O) groups excluding carboxylic acids is 4. The van der Waals surface area contributed by atoms with Gasteiger partial charge in [-0.15, -0.1) is 0 Å². The number of unbranched alkanes of at least 4 members (excludes halogenated alkanes) is 1. The summed E-state index contributed by atoms with van der Waals surface area (Å²) in [6.45, 7) is 11.2. The van der Waals surface area contributed by atoms with E-state index in [1.54, 1.807) is 0 Å². The van der Waals surface area contributed by atoms with Gasteiger partial charge in [-0.25, -0.2) is 19.2 Å². The Morgan fingerprint density at radius 2 is 1.15 bits per heavy atom. The number of esters is 4. The molecule has 0 radical (unpaired) electrons. The second kappa shape index (κ2) is 17.8. The summed E-state index contributed by atoms with van der Waals surface area (Å²) in [5.41, 5.74) is 0. The van der Waals surface area contributed by atoms with Gasteiger partial charge >= 0.3 is 29.9 Å². The highest BCUT2D eigenvalue weighted by Gasteiger charge is 2.53. The van der Waals surface area contributed by atoms with E-state index >= 15 is 0 Å². The number of rotatable bonds is 10. The van der Waals surface area contributed by atoms with Crippen LogP contribution in [0.15, 0.2) is 38.0 Å². The van der Waals surface area contributed by atoms with Crippen molar-refractivity contribution in [2.45, 2.75) is 25.7 Å². The van der Waals surface area contributed by atoms with Crippen LogP contribution in [0.2, 0.25) is 0 Å². The van der Waals surface area contributed by atoms with Crippen LogP contribution in [0, 0.1) is 0 Å². The van der Waals surface area contributed by atoms with Crippen molar-refractivity contribution in [1.82, 2.24) is 0 Å². The Bertz CT molecular complexity index is 455. The Morgan fingerprint density at radius 3 is 1.41 bits per heavy atom.